The molecule has 1 aromatic rings. The third-order valence-electron chi connectivity index (χ3n) is 3.14. The Hall–Kier alpha value is -1.08. The maximum Gasteiger partial charge on any atom is 0.327 e. The predicted octanol–water partition coefficient (Wildman–Crippen LogP) is 2.97. The van der Waals surface area contributed by atoms with E-state index in [0.29, 0.717) is 12.2 Å². The van der Waals surface area contributed by atoms with Crippen LogP contribution in [-0.4, -0.2) is 39.1 Å². The minimum absolute atomic E-state index is 0.105. The van der Waals surface area contributed by atoms with Crippen molar-refractivity contribution in [3.63, 3.8) is 0 Å². The molecule has 7 heteroatoms. The van der Waals surface area contributed by atoms with E-state index in [9.17, 15) is 19.1 Å². The number of carbonyl (C=O) groups excluding carboxylic acids is 1. The number of carbonyl (C=O) groups is 2. The second kappa shape index (κ2) is 6.13. The molecule has 4 nitrogen and oxygen atoms in total. The summed E-state index contributed by atoms with van der Waals surface area (Å²) in [6, 6.07) is 3.52. The van der Waals surface area contributed by atoms with E-state index in [4.69, 9.17) is 0 Å². The number of rotatable bonds is 3. The molecule has 0 aromatic heterocycles. The third-order valence-corrected chi connectivity index (χ3v) is 5.21. The van der Waals surface area contributed by atoms with Gasteiger partial charge in [-0.05, 0) is 34.5 Å². The topological polar surface area (TPSA) is 57.6 Å². The van der Waals surface area contributed by atoms with Crippen molar-refractivity contribution < 1.29 is 19.1 Å². The predicted molar refractivity (Wildman–Crippen MR) is 78.2 cm³/mol. The number of amides is 1. The first-order chi connectivity index (χ1) is 9.47. The van der Waals surface area contributed by atoms with E-state index < -0.39 is 23.7 Å². The monoisotopic (exact) mass is 361 g/mol. The molecule has 1 amide bonds. The minimum atomic E-state index is -1.06. The molecule has 1 heterocycles. The molecule has 20 heavy (non-hydrogen) atoms. The Kier molecular flexibility index (Phi) is 4.70. The van der Waals surface area contributed by atoms with Crippen LogP contribution < -0.4 is 0 Å². The average molecular weight is 362 g/mol. The molecular formula is C13H13BrFNO3S. The number of thioether (sulfide) groups is 1. The Bertz CT molecular complexity index is 554. The van der Waals surface area contributed by atoms with Crippen molar-refractivity contribution >= 4 is 39.6 Å². The summed E-state index contributed by atoms with van der Waals surface area (Å²) in [5, 5.41) is 8.97. The van der Waals surface area contributed by atoms with Crippen LogP contribution >= 0.6 is 27.7 Å². The molecule has 1 aliphatic rings. The van der Waals surface area contributed by atoms with Gasteiger partial charge in [0, 0.05) is 5.75 Å². The zero-order valence-corrected chi connectivity index (χ0v) is 13.1. The summed E-state index contributed by atoms with van der Waals surface area (Å²) in [5.41, 5.74) is -0.105. The molecule has 2 unspecified atom stereocenters. The van der Waals surface area contributed by atoms with Gasteiger partial charge in [-0.25, -0.2) is 9.18 Å². The zero-order chi connectivity index (χ0) is 14.9. The van der Waals surface area contributed by atoms with Gasteiger partial charge >= 0.3 is 5.97 Å². The molecule has 2 atom stereocenters. The van der Waals surface area contributed by atoms with Crippen molar-refractivity contribution in [1.82, 2.24) is 4.90 Å². The van der Waals surface area contributed by atoms with Crippen LogP contribution in [-0.2, 0) is 4.79 Å². The van der Waals surface area contributed by atoms with E-state index in [1.54, 1.807) is 6.07 Å². The van der Waals surface area contributed by atoms with E-state index >= 15 is 0 Å². The molecule has 1 N–H and O–H groups in total. The Morgan fingerprint density at radius 1 is 1.55 bits per heavy atom. The Morgan fingerprint density at radius 3 is 2.85 bits per heavy atom. The molecule has 1 aliphatic heterocycles. The fourth-order valence-electron chi connectivity index (χ4n) is 2.15. The number of nitrogens with zero attached hydrogens (tertiary/aromatic N) is 1. The van der Waals surface area contributed by atoms with E-state index in [2.05, 4.69) is 15.9 Å². The first-order valence-electron chi connectivity index (χ1n) is 6.08. The van der Waals surface area contributed by atoms with Gasteiger partial charge in [-0.1, -0.05) is 13.0 Å². The molecule has 2 rings (SSSR count). The van der Waals surface area contributed by atoms with Crippen molar-refractivity contribution in [2.45, 2.75) is 24.8 Å². The molecule has 0 radical (unpaired) electrons. The smallest absolute Gasteiger partial charge is 0.327 e. The van der Waals surface area contributed by atoms with Crippen LogP contribution in [0.2, 0.25) is 0 Å². The SMILES string of the molecule is CCC1SCC(C(=O)O)N1C(=O)c1cccc(Br)c1F. The van der Waals surface area contributed by atoms with Gasteiger partial charge in [0.05, 0.1) is 15.4 Å². The summed E-state index contributed by atoms with van der Waals surface area (Å²) >= 11 is 4.44. The van der Waals surface area contributed by atoms with Gasteiger partial charge in [-0.15, -0.1) is 11.8 Å². The molecular weight excluding hydrogens is 349 g/mol. The van der Waals surface area contributed by atoms with Crippen LogP contribution in [0.3, 0.4) is 0 Å². The number of benzene rings is 1. The minimum Gasteiger partial charge on any atom is -0.480 e. The van der Waals surface area contributed by atoms with Crippen molar-refractivity contribution in [2.75, 3.05) is 5.75 Å². The molecule has 0 saturated carbocycles. The number of carboxylic acid groups (broad SMARTS) is 1. The first kappa shape index (κ1) is 15.3. The number of aliphatic carboxylic acids is 1. The largest absolute Gasteiger partial charge is 0.480 e. The second-order valence-corrected chi connectivity index (χ2v) is 6.43. The number of carboxylic acids is 1. The van der Waals surface area contributed by atoms with Crippen LogP contribution in [0.4, 0.5) is 4.39 Å². The van der Waals surface area contributed by atoms with Gasteiger partial charge in [0.2, 0.25) is 0 Å². The number of hydrogen-bond donors (Lipinski definition) is 1. The van der Waals surface area contributed by atoms with Gasteiger partial charge in [0.25, 0.3) is 5.91 Å². The zero-order valence-electron chi connectivity index (χ0n) is 10.7. The Labute approximate surface area is 128 Å². The number of halogens is 2. The highest BCUT2D eigenvalue weighted by Crippen LogP contribution is 2.33. The molecule has 0 bridgehead atoms. The highest BCUT2D eigenvalue weighted by Gasteiger charge is 2.41. The standard InChI is InChI=1S/C13H13BrFNO3S/c1-2-10-16(9(6-20-10)13(18)19)12(17)7-4-3-5-8(14)11(7)15/h3-5,9-10H,2,6H2,1H3,(H,18,19). The van der Waals surface area contributed by atoms with Crippen LogP contribution in [0.5, 0.6) is 0 Å². The Balaban J connectivity index is 2.38. The third kappa shape index (κ3) is 2.69. The summed E-state index contributed by atoms with van der Waals surface area (Å²) in [7, 11) is 0. The maximum absolute atomic E-state index is 14.0. The summed E-state index contributed by atoms with van der Waals surface area (Å²) in [4.78, 5) is 25.0. The quantitative estimate of drug-likeness (QED) is 0.898. The van der Waals surface area contributed by atoms with Crippen molar-refractivity contribution in [1.29, 1.82) is 0 Å². The molecule has 0 spiro atoms. The molecule has 1 aromatic carbocycles. The molecule has 108 valence electrons. The highest BCUT2D eigenvalue weighted by molar-refractivity contribution is 9.10. The van der Waals surface area contributed by atoms with E-state index in [1.807, 2.05) is 6.92 Å². The van der Waals surface area contributed by atoms with Gasteiger partial charge < -0.3 is 10.0 Å². The lowest BCUT2D eigenvalue weighted by atomic mass is 10.1. The maximum atomic E-state index is 14.0. The second-order valence-electron chi connectivity index (χ2n) is 4.36. The van der Waals surface area contributed by atoms with E-state index in [1.165, 1.54) is 28.8 Å². The van der Waals surface area contributed by atoms with Crippen molar-refractivity contribution in [2.24, 2.45) is 0 Å². The van der Waals surface area contributed by atoms with E-state index in [-0.39, 0.29) is 15.4 Å². The lowest BCUT2D eigenvalue weighted by molar-refractivity contribution is -0.141. The Morgan fingerprint density at radius 2 is 2.25 bits per heavy atom. The van der Waals surface area contributed by atoms with Gasteiger partial charge in [-0.2, -0.15) is 0 Å². The van der Waals surface area contributed by atoms with Crippen molar-refractivity contribution in [3.05, 3.63) is 34.1 Å². The first-order valence-corrected chi connectivity index (χ1v) is 7.92. The van der Waals surface area contributed by atoms with Crippen molar-refractivity contribution in [3.8, 4) is 0 Å². The van der Waals surface area contributed by atoms with Crippen LogP contribution in [0.1, 0.15) is 23.7 Å². The highest BCUT2D eigenvalue weighted by atomic mass is 79.9. The van der Waals surface area contributed by atoms with Crippen LogP contribution in [0, 0.1) is 5.82 Å². The fraction of sp³-hybridized carbons (Fsp3) is 0.385. The fourth-order valence-corrected chi connectivity index (χ4v) is 3.86. The number of hydrogen-bond acceptors (Lipinski definition) is 3. The molecule has 0 aliphatic carbocycles. The van der Waals surface area contributed by atoms with Gasteiger partial charge in [0.1, 0.15) is 11.9 Å². The normalized spacial score (nSPS) is 22.1. The summed E-state index contributed by atoms with van der Waals surface area (Å²) < 4.78 is 14.2. The van der Waals surface area contributed by atoms with Gasteiger partial charge in [0.15, 0.2) is 0 Å². The van der Waals surface area contributed by atoms with Crippen LogP contribution in [0.25, 0.3) is 0 Å². The lowest BCUT2D eigenvalue weighted by Crippen LogP contribution is -2.45. The van der Waals surface area contributed by atoms with Gasteiger partial charge in [-0.3, -0.25) is 4.79 Å². The summed E-state index contributed by atoms with van der Waals surface area (Å²) in [6.45, 7) is 1.87. The molecule has 1 fully saturated rings. The molecule has 1 saturated heterocycles. The van der Waals surface area contributed by atoms with E-state index in [0.717, 1.165) is 0 Å². The summed E-state index contributed by atoms with van der Waals surface area (Å²) in [6.07, 6.45) is 0.621. The lowest BCUT2D eigenvalue weighted by Gasteiger charge is -2.26. The summed E-state index contributed by atoms with van der Waals surface area (Å²) in [5.74, 6) is -1.96. The average Bonchev–Trinajstić information content (AvgIpc) is 2.85. The van der Waals surface area contributed by atoms with Crippen LogP contribution in [0.15, 0.2) is 22.7 Å².